The number of benzene rings is 1. The molecule has 14 heavy (non-hydrogen) atoms. The molecule has 0 atom stereocenters. The smallest absolute Gasteiger partial charge is 0.0560 e. The zero-order chi connectivity index (χ0) is 10.2. The van der Waals surface area contributed by atoms with Crippen molar-refractivity contribution in [2.45, 2.75) is 4.90 Å². The summed E-state index contributed by atoms with van der Waals surface area (Å²) in [6.07, 6.45) is 0. The van der Waals surface area contributed by atoms with Crippen LogP contribution in [0.25, 0.3) is 0 Å². The second-order valence-corrected chi connectivity index (χ2v) is 5.29. The normalized spacial score (nSPS) is 10.4. The highest BCUT2D eigenvalue weighted by Crippen LogP contribution is 2.19. The highest BCUT2D eigenvalue weighted by molar-refractivity contribution is 14.1. The summed E-state index contributed by atoms with van der Waals surface area (Å²) in [6.45, 7) is 1.66. The van der Waals surface area contributed by atoms with Crippen LogP contribution in [-0.2, 0) is 4.74 Å². The fourth-order valence-corrected chi connectivity index (χ4v) is 2.11. The quantitative estimate of drug-likeness (QED) is 0.336. The van der Waals surface area contributed by atoms with Crippen LogP contribution in [0.3, 0.4) is 0 Å². The molecular formula is C10H12ClIOS. The molecule has 0 aliphatic heterocycles. The summed E-state index contributed by atoms with van der Waals surface area (Å²) in [5, 5.41) is 0.788. The topological polar surface area (TPSA) is 9.23 Å². The second-order valence-electron chi connectivity index (χ2n) is 2.60. The van der Waals surface area contributed by atoms with Gasteiger partial charge in [0.15, 0.2) is 0 Å². The Labute approximate surface area is 108 Å². The first-order valence-corrected chi connectivity index (χ1v) is 7.24. The largest absolute Gasteiger partial charge is 0.380 e. The number of thioether (sulfide) groups is 1. The van der Waals surface area contributed by atoms with Crippen LogP contribution in [0.15, 0.2) is 29.2 Å². The Morgan fingerprint density at radius 3 is 2.57 bits per heavy atom. The SMILES string of the molecule is Clc1ccc(SCCOCCI)cc1. The van der Waals surface area contributed by atoms with Gasteiger partial charge < -0.3 is 4.74 Å². The number of hydrogen-bond donors (Lipinski definition) is 0. The van der Waals surface area contributed by atoms with Crippen LogP contribution >= 0.6 is 46.0 Å². The van der Waals surface area contributed by atoms with E-state index in [9.17, 15) is 0 Å². The molecule has 0 radical (unpaired) electrons. The van der Waals surface area contributed by atoms with Gasteiger partial charge in [-0.05, 0) is 24.3 Å². The van der Waals surface area contributed by atoms with Gasteiger partial charge in [-0.15, -0.1) is 11.8 Å². The summed E-state index contributed by atoms with van der Waals surface area (Å²) in [5.74, 6) is 0.998. The molecule has 0 aliphatic carbocycles. The molecule has 0 saturated carbocycles. The van der Waals surface area contributed by atoms with Crippen molar-refractivity contribution in [3.63, 3.8) is 0 Å². The Bertz CT molecular complexity index is 253. The first-order chi connectivity index (χ1) is 6.83. The second kappa shape index (κ2) is 7.79. The molecule has 1 aromatic rings. The van der Waals surface area contributed by atoms with Crippen molar-refractivity contribution in [3.8, 4) is 0 Å². The molecule has 0 amide bonds. The van der Waals surface area contributed by atoms with Crippen molar-refractivity contribution >= 4 is 46.0 Å². The standard InChI is InChI=1S/C10H12ClIOS/c11-9-1-3-10(4-2-9)14-8-7-13-6-5-12/h1-4H,5-8H2. The van der Waals surface area contributed by atoms with E-state index >= 15 is 0 Å². The fourth-order valence-electron chi connectivity index (χ4n) is 0.906. The molecule has 0 bridgehead atoms. The number of halogens is 2. The van der Waals surface area contributed by atoms with Crippen molar-refractivity contribution in [2.75, 3.05) is 23.4 Å². The first-order valence-electron chi connectivity index (χ1n) is 4.35. The highest BCUT2D eigenvalue weighted by atomic mass is 127. The van der Waals surface area contributed by atoms with E-state index in [2.05, 4.69) is 22.6 Å². The number of ether oxygens (including phenoxy) is 1. The van der Waals surface area contributed by atoms with E-state index in [0.29, 0.717) is 0 Å². The molecule has 1 aromatic carbocycles. The molecule has 0 heterocycles. The molecule has 0 aromatic heterocycles. The molecule has 0 aliphatic rings. The molecule has 0 unspecified atom stereocenters. The van der Waals surface area contributed by atoms with Crippen LogP contribution in [0.5, 0.6) is 0 Å². The lowest BCUT2D eigenvalue weighted by molar-refractivity contribution is 0.169. The summed E-state index contributed by atoms with van der Waals surface area (Å²) in [6, 6.07) is 7.89. The Hall–Kier alpha value is 0.550. The predicted molar refractivity (Wildman–Crippen MR) is 71.9 cm³/mol. The zero-order valence-electron chi connectivity index (χ0n) is 7.71. The lowest BCUT2D eigenvalue weighted by atomic mass is 10.4. The third-order valence-corrected chi connectivity index (χ3v) is 3.20. The van der Waals surface area contributed by atoms with E-state index in [1.165, 1.54) is 4.90 Å². The van der Waals surface area contributed by atoms with Gasteiger partial charge in [0, 0.05) is 20.1 Å². The van der Waals surface area contributed by atoms with Crippen LogP contribution in [0.2, 0.25) is 5.02 Å². The lowest BCUT2D eigenvalue weighted by Crippen LogP contribution is -1.99. The zero-order valence-corrected chi connectivity index (χ0v) is 11.4. The molecule has 0 N–H and O–H groups in total. The first kappa shape index (κ1) is 12.6. The maximum atomic E-state index is 5.78. The van der Waals surface area contributed by atoms with Crippen molar-refractivity contribution < 1.29 is 4.74 Å². The van der Waals surface area contributed by atoms with Gasteiger partial charge in [-0.2, -0.15) is 0 Å². The fraction of sp³-hybridized carbons (Fsp3) is 0.400. The van der Waals surface area contributed by atoms with Gasteiger partial charge in [0.2, 0.25) is 0 Å². The molecule has 0 fully saturated rings. The summed E-state index contributed by atoms with van der Waals surface area (Å²) in [5.41, 5.74) is 0. The summed E-state index contributed by atoms with van der Waals surface area (Å²) < 4.78 is 6.43. The Morgan fingerprint density at radius 1 is 1.21 bits per heavy atom. The Balaban J connectivity index is 2.15. The van der Waals surface area contributed by atoms with Gasteiger partial charge in [-0.25, -0.2) is 0 Å². The van der Waals surface area contributed by atoms with Gasteiger partial charge in [0.25, 0.3) is 0 Å². The third kappa shape index (κ3) is 5.44. The molecule has 1 rings (SSSR count). The van der Waals surface area contributed by atoms with Gasteiger partial charge in [0.1, 0.15) is 0 Å². The monoisotopic (exact) mass is 342 g/mol. The molecule has 78 valence electrons. The minimum Gasteiger partial charge on any atom is -0.380 e. The summed E-state index contributed by atoms with van der Waals surface area (Å²) in [7, 11) is 0. The van der Waals surface area contributed by atoms with Crippen LogP contribution in [-0.4, -0.2) is 23.4 Å². The third-order valence-electron chi connectivity index (χ3n) is 1.53. The molecule has 4 heteroatoms. The van der Waals surface area contributed by atoms with Crippen molar-refractivity contribution in [1.29, 1.82) is 0 Å². The van der Waals surface area contributed by atoms with Crippen molar-refractivity contribution in [1.82, 2.24) is 0 Å². The average molecular weight is 343 g/mol. The molecule has 1 nitrogen and oxygen atoms in total. The van der Waals surface area contributed by atoms with Crippen molar-refractivity contribution in [2.24, 2.45) is 0 Å². The van der Waals surface area contributed by atoms with Gasteiger partial charge >= 0.3 is 0 Å². The number of hydrogen-bond acceptors (Lipinski definition) is 2. The minimum atomic E-state index is 0.788. The van der Waals surface area contributed by atoms with E-state index in [-0.39, 0.29) is 0 Å². The van der Waals surface area contributed by atoms with Gasteiger partial charge in [0.05, 0.1) is 13.2 Å². The Kier molecular flexibility index (Phi) is 7.02. The minimum absolute atomic E-state index is 0.788. The highest BCUT2D eigenvalue weighted by Gasteiger charge is 1.94. The van der Waals surface area contributed by atoms with Crippen LogP contribution in [0.1, 0.15) is 0 Å². The van der Waals surface area contributed by atoms with Crippen LogP contribution in [0, 0.1) is 0 Å². The van der Waals surface area contributed by atoms with Crippen LogP contribution < -0.4 is 0 Å². The van der Waals surface area contributed by atoms with E-state index in [1.54, 1.807) is 11.8 Å². The maximum absolute atomic E-state index is 5.78. The van der Waals surface area contributed by atoms with Crippen LogP contribution in [0.4, 0.5) is 0 Å². The molecular weight excluding hydrogens is 331 g/mol. The van der Waals surface area contributed by atoms with Crippen molar-refractivity contribution in [3.05, 3.63) is 29.3 Å². The molecule has 0 spiro atoms. The average Bonchev–Trinajstić information content (AvgIpc) is 2.21. The van der Waals surface area contributed by atoms with E-state index in [4.69, 9.17) is 16.3 Å². The van der Waals surface area contributed by atoms with E-state index in [1.807, 2.05) is 24.3 Å². The van der Waals surface area contributed by atoms with Gasteiger partial charge in [-0.1, -0.05) is 34.2 Å². The van der Waals surface area contributed by atoms with Gasteiger partial charge in [-0.3, -0.25) is 0 Å². The predicted octanol–water partition coefficient (Wildman–Crippen LogP) is 3.88. The lowest BCUT2D eigenvalue weighted by Gasteiger charge is -2.02. The molecule has 0 saturated heterocycles. The number of alkyl halides is 1. The van der Waals surface area contributed by atoms with E-state index < -0.39 is 0 Å². The maximum Gasteiger partial charge on any atom is 0.0560 e. The number of rotatable bonds is 6. The summed E-state index contributed by atoms with van der Waals surface area (Å²) >= 11 is 9.88. The Morgan fingerprint density at radius 2 is 1.93 bits per heavy atom. The summed E-state index contributed by atoms with van der Waals surface area (Å²) in [4.78, 5) is 1.24. The van der Waals surface area contributed by atoms with E-state index in [0.717, 1.165) is 28.4 Å².